The molecule has 0 saturated carbocycles. The number of rotatable bonds is 4. The van der Waals surface area contributed by atoms with Crippen molar-refractivity contribution >= 4 is 17.5 Å². The van der Waals surface area contributed by atoms with Crippen LogP contribution in [0.4, 0.5) is 5.69 Å². The predicted octanol–water partition coefficient (Wildman–Crippen LogP) is 5.03. The molecule has 0 aliphatic carbocycles. The van der Waals surface area contributed by atoms with Crippen molar-refractivity contribution in [3.05, 3.63) is 79.4 Å². The van der Waals surface area contributed by atoms with Crippen LogP contribution in [0.1, 0.15) is 43.7 Å². The third-order valence-electron chi connectivity index (χ3n) is 4.75. The highest BCUT2D eigenvalue weighted by Gasteiger charge is 2.16. The van der Waals surface area contributed by atoms with Gasteiger partial charge in [0.25, 0.3) is 5.69 Å². The highest BCUT2D eigenvalue weighted by molar-refractivity contribution is 6.09. The van der Waals surface area contributed by atoms with Gasteiger partial charge in [-0.25, -0.2) is 0 Å². The lowest BCUT2D eigenvalue weighted by molar-refractivity contribution is -0.384. The summed E-state index contributed by atoms with van der Waals surface area (Å²) in [4.78, 5) is 23.1. The summed E-state index contributed by atoms with van der Waals surface area (Å²) in [5.74, 6) is -0.0808. The molecule has 24 heavy (non-hydrogen) atoms. The van der Waals surface area contributed by atoms with E-state index < -0.39 is 4.92 Å². The third-order valence-corrected chi connectivity index (χ3v) is 4.75. The number of carbonyl (C=O) groups is 1. The molecule has 0 aromatic heterocycles. The fraction of sp³-hybridized carbons (Fsp3) is 0.250. The topological polar surface area (TPSA) is 60.2 Å². The van der Waals surface area contributed by atoms with E-state index in [0.717, 1.165) is 27.8 Å². The zero-order valence-corrected chi connectivity index (χ0v) is 14.6. The smallest absolute Gasteiger partial charge is 0.270 e. The molecule has 0 amide bonds. The number of benzene rings is 2. The predicted molar refractivity (Wildman–Crippen MR) is 96.6 cm³/mol. The first-order valence-electron chi connectivity index (χ1n) is 7.77. The maximum Gasteiger partial charge on any atom is 0.270 e. The van der Waals surface area contributed by atoms with Gasteiger partial charge in [-0.1, -0.05) is 18.2 Å². The summed E-state index contributed by atoms with van der Waals surface area (Å²) >= 11 is 0. The molecule has 0 fully saturated rings. The van der Waals surface area contributed by atoms with E-state index in [-0.39, 0.29) is 11.5 Å². The minimum absolute atomic E-state index is 0.0129. The molecule has 0 aliphatic rings. The quantitative estimate of drug-likeness (QED) is 0.343. The molecule has 0 radical (unpaired) electrons. The Labute approximate surface area is 142 Å². The van der Waals surface area contributed by atoms with Gasteiger partial charge >= 0.3 is 0 Å². The van der Waals surface area contributed by atoms with Gasteiger partial charge in [0.15, 0.2) is 5.78 Å². The standard InChI is InChI=1S/C20H21NO3/c1-12-13(2)15(4)20(16(5)14(12)3)19(22)10-9-17-7-6-8-18(11-17)21(23)24/h6-11H,1-5H3. The van der Waals surface area contributed by atoms with Crippen LogP contribution in [-0.4, -0.2) is 10.7 Å². The molecule has 2 rings (SSSR count). The number of carbonyl (C=O) groups excluding carboxylic acids is 1. The summed E-state index contributed by atoms with van der Waals surface area (Å²) in [6, 6.07) is 6.23. The number of allylic oxidation sites excluding steroid dienone is 1. The lowest BCUT2D eigenvalue weighted by atomic mass is 9.87. The van der Waals surface area contributed by atoms with Gasteiger partial charge in [0.2, 0.25) is 0 Å². The van der Waals surface area contributed by atoms with Gasteiger partial charge in [0, 0.05) is 17.7 Å². The molecule has 4 nitrogen and oxygen atoms in total. The minimum Gasteiger partial charge on any atom is -0.289 e. The fourth-order valence-corrected chi connectivity index (χ4v) is 2.87. The van der Waals surface area contributed by atoms with Crippen molar-refractivity contribution in [3.63, 3.8) is 0 Å². The van der Waals surface area contributed by atoms with Crippen LogP contribution in [0.5, 0.6) is 0 Å². The number of ketones is 1. The van der Waals surface area contributed by atoms with Crippen LogP contribution in [0, 0.1) is 44.7 Å². The molecule has 4 heteroatoms. The van der Waals surface area contributed by atoms with E-state index >= 15 is 0 Å². The molecule has 0 saturated heterocycles. The molecule has 124 valence electrons. The largest absolute Gasteiger partial charge is 0.289 e. The summed E-state index contributed by atoms with van der Waals surface area (Å²) in [5.41, 5.74) is 6.82. The Hall–Kier alpha value is -2.75. The average Bonchev–Trinajstić information content (AvgIpc) is 2.56. The minimum atomic E-state index is -0.444. The number of nitro benzene ring substituents is 1. The van der Waals surface area contributed by atoms with Crippen molar-refractivity contribution in [1.82, 2.24) is 0 Å². The first-order valence-corrected chi connectivity index (χ1v) is 7.77. The summed E-state index contributed by atoms with van der Waals surface area (Å²) in [7, 11) is 0. The van der Waals surface area contributed by atoms with Crippen LogP contribution < -0.4 is 0 Å². The second kappa shape index (κ2) is 6.79. The number of nitrogens with zero attached hydrogens (tertiary/aromatic N) is 1. The summed E-state index contributed by atoms with van der Waals surface area (Å²) in [6.07, 6.45) is 3.11. The van der Waals surface area contributed by atoms with Gasteiger partial charge in [0.1, 0.15) is 0 Å². The van der Waals surface area contributed by atoms with Gasteiger partial charge < -0.3 is 0 Å². The van der Waals surface area contributed by atoms with Crippen LogP contribution >= 0.6 is 0 Å². The Morgan fingerprint density at radius 3 is 2.04 bits per heavy atom. The van der Waals surface area contributed by atoms with Crippen molar-refractivity contribution in [3.8, 4) is 0 Å². The first-order chi connectivity index (χ1) is 11.2. The van der Waals surface area contributed by atoms with E-state index in [1.165, 1.54) is 23.8 Å². The zero-order chi connectivity index (χ0) is 18.0. The van der Waals surface area contributed by atoms with Gasteiger partial charge in [-0.2, -0.15) is 0 Å². The second-order valence-electron chi connectivity index (χ2n) is 6.05. The van der Waals surface area contributed by atoms with Gasteiger partial charge in [-0.15, -0.1) is 0 Å². The van der Waals surface area contributed by atoms with Gasteiger partial charge in [-0.05, 0) is 74.1 Å². The molecule has 0 heterocycles. The Kier molecular flexibility index (Phi) is 4.98. The molecular weight excluding hydrogens is 302 g/mol. The lowest BCUT2D eigenvalue weighted by Crippen LogP contribution is -2.07. The SMILES string of the molecule is Cc1c(C)c(C)c(C(=O)C=Cc2cccc([N+](=O)[O-])c2)c(C)c1C. The highest BCUT2D eigenvalue weighted by atomic mass is 16.6. The van der Waals surface area contributed by atoms with E-state index in [4.69, 9.17) is 0 Å². The normalized spacial score (nSPS) is 11.0. The molecule has 0 unspecified atom stereocenters. The number of non-ortho nitro benzene ring substituents is 1. The van der Waals surface area contributed by atoms with Crippen molar-refractivity contribution in [2.45, 2.75) is 34.6 Å². The van der Waals surface area contributed by atoms with E-state index in [2.05, 4.69) is 6.92 Å². The molecule has 0 N–H and O–H groups in total. The Morgan fingerprint density at radius 2 is 1.50 bits per heavy atom. The molecule has 2 aromatic rings. The monoisotopic (exact) mass is 323 g/mol. The Balaban J connectivity index is 2.41. The van der Waals surface area contributed by atoms with Crippen molar-refractivity contribution in [2.24, 2.45) is 0 Å². The Morgan fingerprint density at radius 1 is 0.958 bits per heavy atom. The number of nitro groups is 1. The van der Waals surface area contributed by atoms with Crippen LogP contribution in [0.15, 0.2) is 30.3 Å². The van der Waals surface area contributed by atoms with Gasteiger partial charge in [-0.3, -0.25) is 14.9 Å². The number of hydrogen-bond donors (Lipinski definition) is 0. The lowest BCUT2D eigenvalue weighted by Gasteiger charge is -2.16. The van der Waals surface area contributed by atoms with Gasteiger partial charge in [0.05, 0.1) is 4.92 Å². The van der Waals surface area contributed by atoms with Crippen molar-refractivity contribution in [1.29, 1.82) is 0 Å². The Bertz CT molecular complexity index is 834. The van der Waals surface area contributed by atoms with E-state index in [0.29, 0.717) is 5.56 Å². The summed E-state index contributed by atoms with van der Waals surface area (Å²) in [6.45, 7) is 10.0. The third kappa shape index (κ3) is 3.27. The summed E-state index contributed by atoms with van der Waals surface area (Å²) < 4.78 is 0. The average molecular weight is 323 g/mol. The summed E-state index contributed by atoms with van der Waals surface area (Å²) in [5, 5.41) is 10.8. The van der Waals surface area contributed by atoms with E-state index in [1.54, 1.807) is 18.2 Å². The maximum atomic E-state index is 12.7. The van der Waals surface area contributed by atoms with Crippen LogP contribution in [0.3, 0.4) is 0 Å². The first kappa shape index (κ1) is 17.6. The van der Waals surface area contributed by atoms with E-state index in [9.17, 15) is 14.9 Å². The number of hydrogen-bond acceptors (Lipinski definition) is 3. The van der Waals surface area contributed by atoms with Crippen molar-refractivity contribution in [2.75, 3.05) is 0 Å². The van der Waals surface area contributed by atoms with Crippen LogP contribution in [0.2, 0.25) is 0 Å². The second-order valence-corrected chi connectivity index (χ2v) is 6.05. The fourth-order valence-electron chi connectivity index (χ4n) is 2.87. The molecule has 2 aromatic carbocycles. The van der Waals surface area contributed by atoms with E-state index in [1.807, 2.05) is 27.7 Å². The molecular formula is C20H21NO3. The molecule has 0 spiro atoms. The van der Waals surface area contributed by atoms with Crippen LogP contribution in [0.25, 0.3) is 6.08 Å². The maximum absolute atomic E-state index is 12.7. The molecule has 0 aliphatic heterocycles. The molecule has 0 bridgehead atoms. The molecule has 0 atom stereocenters. The zero-order valence-electron chi connectivity index (χ0n) is 14.6. The van der Waals surface area contributed by atoms with Crippen LogP contribution in [-0.2, 0) is 0 Å². The highest BCUT2D eigenvalue weighted by Crippen LogP contribution is 2.27. The van der Waals surface area contributed by atoms with Crippen molar-refractivity contribution < 1.29 is 9.72 Å².